The van der Waals surface area contributed by atoms with Crippen molar-refractivity contribution in [2.45, 2.75) is 39.2 Å². The van der Waals surface area contributed by atoms with E-state index in [-0.39, 0.29) is 0 Å². The van der Waals surface area contributed by atoms with Gasteiger partial charge in [-0.2, -0.15) is 0 Å². The van der Waals surface area contributed by atoms with Crippen LogP contribution in [0.2, 0.25) is 0 Å². The molecule has 1 aliphatic rings. The minimum atomic E-state index is 0.537. The zero-order chi connectivity index (χ0) is 11.1. The molecule has 0 aromatic carbocycles. The molecule has 0 bridgehead atoms. The third-order valence-corrected chi connectivity index (χ3v) is 2.59. The standard InChI is InChI=1S/C12H23N3/c1-10(2)8-9-14-12(13-3)15-11-6-4-5-7-11/h4-5,10-11H,6-9H2,1-3H3,(H2,13,14,15). The quantitative estimate of drug-likeness (QED) is 0.421. The van der Waals surface area contributed by atoms with Crippen LogP contribution in [-0.2, 0) is 0 Å². The van der Waals surface area contributed by atoms with Crippen LogP contribution in [0.1, 0.15) is 33.1 Å². The van der Waals surface area contributed by atoms with Gasteiger partial charge in [-0.15, -0.1) is 0 Å². The first-order chi connectivity index (χ1) is 7.22. The van der Waals surface area contributed by atoms with Gasteiger partial charge in [-0.1, -0.05) is 26.0 Å². The summed E-state index contributed by atoms with van der Waals surface area (Å²) in [6, 6.07) is 0.537. The van der Waals surface area contributed by atoms with Crippen molar-refractivity contribution in [1.29, 1.82) is 0 Å². The van der Waals surface area contributed by atoms with E-state index in [1.165, 1.54) is 6.42 Å². The summed E-state index contributed by atoms with van der Waals surface area (Å²) in [6.07, 6.45) is 7.86. The Morgan fingerprint density at radius 1 is 1.40 bits per heavy atom. The van der Waals surface area contributed by atoms with Crippen LogP contribution in [0.3, 0.4) is 0 Å². The largest absolute Gasteiger partial charge is 0.356 e. The Morgan fingerprint density at radius 2 is 2.07 bits per heavy atom. The second-order valence-corrected chi connectivity index (χ2v) is 4.47. The minimum Gasteiger partial charge on any atom is -0.356 e. The molecule has 0 spiro atoms. The summed E-state index contributed by atoms with van der Waals surface area (Å²) in [5, 5.41) is 6.75. The van der Waals surface area contributed by atoms with Crippen molar-refractivity contribution < 1.29 is 0 Å². The first-order valence-electron chi connectivity index (χ1n) is 5.84. The topological polar surface area (TPSA) is 36.4 Å². The molecule has 1 aliphatic carbocycles. The molecule has 2 N–H and O–H groups in total. The van der Waals surface area contributed by atoms with Crippen molar-refractivity contribution in [3.8, 4) is 0 Å². The van der Waals surface area contributed by atoms with Crippen LogP contribution in [0.15, 0.2) is 17.1 Å². The lowest BCUT2D eigenvalue weighted by Gasteiger charge is -2.17. The Bertz CT molecular complexity index is 223. The van der Waals surface area contributed by atoms with Gasteiger partial charge in [-0.3, -0.25) is 4.99 Å². The number of nitrogens with zero attached hydrogens (tertiary/aromatic N) is 1. The van der Waals surface area contributed by atoms with E-state index in [1.807, 2.05) is 7.05 Å². The molecular weight excluding hydrogens is 186 g/mol. The lowest BCUT2D eigenvalue weighted by atomic mass is 10.1. The van der Waals surface area contributed by atoms with Crippen LogP contribution >= 0.6 is 0 Å². The summed E-state index contributed by atoms with van der Waals surface area (Å²) >= 11 is 0. The average molecular weight is 209 g/mol. The van der Waals surface area contributed by atoms with E-state index in [0.717, 1.165) is 31.3 Å². The fourth-order valence-electron chi connectivity index (χ4n) is 1.60. The predicted octanol–water partition coefficient (Wildman–Crippen LogP) is 1.92. The first kappa shape index (κ1) is 12.1. The molecule has 0 fully saturated rings. The fourth-order valence-corrected chi connectivity index (χ4v) is 1.60. The van der Waals surface area contributed by atoms with Crippen molar-refractivity contribution in [3.63, 3.8) is 0 Å². The lowest BCUT2D eigenvalue weighted by Crippen LogP contribution is -2.42. The van der Waals surface area contributed by atoms with E-state index in [0.29, 0.717) is 6.04 Å². The molecule has 3 heteroatoms. The van der Waals surface area contributed by atoms with E-state index in [9.17, 15) is 0 Å². The molecule has 0 radical (unpaired) electrons. The summed E-state index contributed by atoms with van der Waals surface area (Å²) in [5.41, 5.74) is 0. The van der Waals surface area contributed by atoms with Crippen LogP contribution in [0.5, 0.6) is 0 Å². The Labute approximate surface area is 93.1 Å². The monoisotopic (exact) mass is 209 g/mol. The van der Waals surface area contributed by atoms with Gasteiger partial charge in [0.05, 0.1) is 0 Å². The maximum absolute atomic E-state index is 4.22. The molecule has 86 valence electrons. The highest BCUT2D eigenvalue weighted by molar-refractivity contribution is 5.80. The molecular formula is C12H23N3. The van der Waals surface area contributed by atoms with Gasteiger partial charge in [0.15, 0.2) is 5.96 Å². The Morgan fingerprint density at radius 3 is 2.60 bits per heavy atom. The minimum absolute atomic E-state index is 0.537. The predicted molar refractivity (Wildman–Crippen MR) is 66.1 cm³/mol. The van der Waals surface area contributed by atoms with Crippen LogP contribution in [-0.4, -0.2) is 25.6 Å². The van der Waals surface area contributed by atoms with Crippen LogP contribution in [0.25, 0.3) is 0 Å². The molecule has 0 aliphatic heterocycles. The third kappa shape index (κ3) is 4.86. The average Bonchev–Trinajstić information content (AvgIpc) is 2.68. The maximum Gasteiger partial charge on any atom is 0.191 e. The van der Waals surface area contributed by atoms with E-state index < -0.39 is 0 Å². The van der Waals surface area contributed by atoms with Crippen LogP contribution in [0.4, 0.5) is 0 Å². The van der Waals surface area contributed by atoms with E-state index in [2.05, 4.69) is 41.6 Å². The summed E-state index contributed by atoms with van der Waals surface area (Å²) in [7, 11) is 1.83. The molecule has 15 heavy (non-hydrogen) atoms. The molecule has 0 atom stereocenters. The zero-order valence-electron chi connectivity index (χ0n) is 10.1. The van der Waals surface area contributed by atoms with Gasteiger partial charge >= 0.3 is 0 Å². The Hall–Kier alpha value is -0.990. The van der Waals surface area contributed by atoms with E-state index >= 15 is 0 Å². The smallest absolute Gasteiger partial charge is 0.191 e. The van der Waals surface area contributed by atoms with Gasteiger partial charge in [-0.05, 0) is 25.2 Å². The summed E-state index contributed by atoms with van der Waals surface area (Å²) in [5.74, 6) is 1.67. The Balaban J connectivity index is 2.18. The van der Waals surface area contributed by atoms with Crippen LogP contribution in [0, 0.1) is 5.92 Å². The van der Waals surface area contributed by atoms with Crippen molar-refractivity contribution in [1.82, 2.24) is 10.6 Å². The third-order valence-electron chi connectivity index (χ3n) is 2.59. The summed E-state index contributed by atoms with van der Waals surface area (Å²) in [4.78, 5) is 4.22. The van der Waals surface area contributed by atoms with Gasteiger partial charge < -0.3 is 10.6 Å². The van der Waals surface area contributed by atoms with Gasteiger partial charge in [0.25, 0.3) is 0 Å². The summed E-state index contributed by atoms with van der Waals surface area (Å²) < 4.78 is 0. The molecule has 0 heterocycles. The highest BCUT2D eigenvalue weighted by Crippen LogP contribution is 2.08. The van der Waals surface area contributed by atoms with Gasteiger partial charge in [0.1, 0.15) is 0 Å². The number of aliphatic imine (C=N–C) groups is 1. The number of hydrogen-bond donors (Lipinski definition) is 2. The fraction of sp³-hybridized carbons (Fsp3) is 0.750. The second kappa shape index (κ2) is 6.49. The molecule has 0 unspecified atom stereocenters. The van der Waals surface area contributed by atoms with Crippen LogP contribution < -0.4 is 10.6 Å². The molecule has 0 aromatic heterocycles. The normalized spacial score (nSPS) is 17.5. The highest BCUT2D eigenvalue weighted by atomic mass is 15.2. The second-order valence-electron chi connectivity index (χ2n) is 4.47. The van der Waals surface area contributed by atoms with E-state index in [1.54, 1.807) is 0 Å². The molecule has 0 saturated carbocycles. The van der Waals surface area contributed by atoms with Gasteiger partial charge in [0.2, 0.25) is 0 Å². The van der Waals surface area contributed by atoms with Crippen molar-refractivity contribution in [3.05, 3.63) is 12.2 Å². The van der Waals surface area contributed by atoms with Gasteiger partial charge in [-0.25, -0.2) is 0 Å². The number of hydrogen-bond acceptors (Lipinski definition) is 1. The van der Waals surface area contributed by atoms with Crippen molar-refractivity contribution in [2.24, 2.45) is 10.9 Å². The number of nitrogens with one attached hydrogen (secondary N) is 2. The summed E-state index contributed by atoms with van der Waals surface area (Å²) in [6.45, 7) is 5.47. The molecule has 3 nitrogen and oxygen atoms in total. The number of guanidine groups is 1. The number of rotatable bonds is 4. The molecule has 0 saturated heterocycles. The molecule has 0 aromatic rings. The SMILES string of the molecule is CN=C(NCCC(C)C)NC1CC=CC1. The van der Waals surface area contributed by atoms with Crippen molar-refractivity contribution in [2.75, 3.05) is 13.6 Å². The lowest BCUT2D eigenvalue weighted by molar-refractivity contribution is 0.565. The molecule has 0 amide bonds. The molecule has 1 rings (SSSR count). The van der Waals surface area contributed by atoms with E-state index in [4.69, 9.17) is 0 Å². The van der Waals surface area contributed by atoms with Crippen molar-refractivity contribution >= 4 is 5.96 Å². The van der Waals surface area contributed by atoms with Gasteiger partial charge in [0, 0.05) is 19.6 Å². The maximum atomic E-state index is 4.22. The zero-order valence-corrected chi connectivity index (χ0v) is 10.1. The Kier molecular flexibility index (Phi) is 5.22. The first-order valence-corrected chi connectivity index (χ1v) is 5.84. The highest BCUT2D eigenvalue weighted by Gasteiger charge is 2.11.